The van der Waals surface area contributed by atoms with Crippen LogP contribution in [0.1, 0.15) is 43.7 Å². The first kappa shape index (κ1) is 11.4. The molecular formula is C13H20N2O. The molecule has 3 nitrogen and oxygen atoms in total. The van der Waals surface area contributed by atoms with E-state index in [1.807, 2.05) is 18.3 Å². The van der Waals surface area contributed by atoms with Crippen molar-refractivity contribution in [3.05, 3.63) is 24.0 Å². The lowest BCUT2D eigenvalue weighted by molar-refractivity contribution is 0.390. The molecule has 1 aromatic heterocycles. The van der Waals surface area contributed by atoms with Crippen molar-refractivity contribution in [2.75, 3.05) is 7.11 Å². The van der Waals surface area contributed by atoms with E-state index in [9.17, 15) is 0 Å². The Morgan fingerprint density at radius 2 is 2.12 bits per heavy atom. The number of hydrogen-bond donors (Lipinski definition) is 1. The zero-order valence-corrected chi connectivity index (χ0v) is 9.86. The first-order chi connectivity index (χ1) is 7.83. The molecule has 0 aromatic carbocycles. The first-order valence-electron chi connectivity index (χ1n) is 6.07. The molecule has 16 heavy (non-hydrogen) atoms. The number of hydrogen-bond acceptors (Lipinski definition) is 3. The summed E-state index contributed by atoms with van der Waals surface area (Å²) in [6.45, 7) is 0. The number of nitrogens with zero attached hydrogens (tertiary/aromatic N) is 1. The molecule has 0 bridgehead atoms. The van der Waals surface area contributed by atoms with Crippen molar-refractivity contribution in [3.8, 4) is 5.75 Å². The van der Waals surface area contributed by atoms with Crippen LogP contribution >= 0.6 is 0 Å². The molecular weight excluding hydrogens is 200 g/mol. The third-order valence-corrected chi connectivity index (χ3v) is 3.44. The second-order valence-electron chi connectivity index (χ2n) is 4.50. The lowest BCUT2D eigenvalue weighted by atomic mass is 9.91. The summed E-state index contributed by atoms with van der Waals surface area (Å²) in [5, 5.41) is 0. The highest BCUT2D eigenvalue weighted by atomic mass is 16.5. The van der Waals surface area contributed by atoms with Crippen molar-refractivity contribution < 1.29 is 4.74 Å². The quantitative estimate of drug-likeness (QED) is 0.779. The van der Waals surface area contributed by atoms with E-state index in [0.717, 1.165) is 24.3 Å². The summed E-state index contributed by atoms with van der Waals surface area (Å²) < 4.78 is 5.37. The molecule has 3 heteroatoms. The van der Waals surface area contributed by atoms with Gasteiger partial charge in [-0.05, 0) is 25.0 Å². The van der Waals surface area contributed by atoms with Crippen LogP contribution in [0.2, 0.25) is 0 Å². The van der Waals surface area contributed by atoms with E-state index in [1.54, 1.807) is 7.11 Å². The molecule has 0 aliphatic heterocycles. The minimum absolute atomic E-state index is 0.228. The maximum absolute atomic E-state index is 6.24. The number of rotatable bonds is 2. The van der Waals surface area contributed by atoms with E-state index in [1.165, 1.54) is 19.3 Å². The molecule has 1 heterocycles. The van der Waals surface area contributed by atoms with Gasteiger partial charge in [-0.2, -0.15) is 0 Å². The van der Waals surface area contributed by atoms with Crippen molar-refractivity contribution in [2.24, 2.45) is 5.73 Å². The van der Waals surface area contributed by atoms with Crippen molar-refractivity contribution in [3.63, 3.8) is 0 Å². The largest absolute Gasteiger partial charge is 0.495 e. The normalized spacial score (nSPS) is 26.1. The summed E-state index contributed by atoms with van der Waals surface area (Å²) in [4.78, 5) is 4.46. The van der Waals surface area contributed by atoms with Crippen LogP contribution < -0.4 is 10.5 Å². The fourth-order valence-corrected chi connectivity index (χ4v) is 2.53. The van der Waals surface area contributed by atoms with Crippen molar-refractivity contribution in [1.82, 2.24) is 4.98 Å². The van der Waals surface area contributed by atoms with Crippen LogP contribution in [-0.4, -0.2) is 18.1 Å². The number of ether oxygens (including phenoxy) is 1. The summed E-state index contributed by atoms with van der Waals surface area (Å²) in [6.07, 6.45) is 7.85. The van der Waals surface area contributed by atoms with E-state index in [-0.39, 0.29) is 6.04 Å². The Balaban J connectivity index is 2.26. The predicted molar refractivity (Wildman–Crippen MR) is 64.6 cm³/mol. The molecule has 1 aliphatic rings. The van der Waals surface area contributed by atoms with Gasteiger partial charge in [-0.3, -0.25) is 4.98 Å². The van der Waals surface area contributed by atoms with Gasteiger partial charge in [0.05, 0.1) is 12.8 Å². The second-order valence-corrected chi connectivity index (χ2v) is 4.50. The summed E-state index contributed by atoms with van der Waals surface area (Å²) in [7, 11) is 1.70. The highest BCUT2D eigenvalue weighted by Crippen LogP contribution is 2.34. The van der Waals surface area contributed by atoms with Gasteiger partial charge in [-0.25, -0.2) is 0 Å². The van der Waals surface area contributed by atoms with Gasteiger partial charge in [-0.15, -0.1) is 0 Å². The molecule has 1 aromatic rings. The molecule has 1 saturated carbocycles. The smallest absolute Gasteiger partial charge is 0.140 e. The van der Waals surface area contributed by atoms with Crippen LogP contribution in [0.4, 0.5) is 0 Å². The minimum atomic E-state index is 0.228. The molecule has 0 radical (unpaired) electrons. The molecule has 0 saturated heterocycles. The molecule has 88 valence electrons. The molecule has 1 fully saturated rings. The van der Waals surface area contributed by atoms with E-state index in [0.29, 0.717) is 5.92 Å². The standard InChI is InChI=1S/C13H20N2O/c1-16-12-8-5-9-15-13(12)10-6-3-2-4-7-11(10)14/h5,8-11H,2-4,6-7,14H2,1H3. The third-order valence-electron chi connectivity index (χ3n) is 3.44. The average molecular weight is 220 g/mol. The Morgan fingerprint density at radius 3 is 2.94 bits per heavy atom. The highest BCUT2D eigenvalue weighted by molar-refractivity contribution is 5.31. The maximum atomic E-state index is 6.24. The van der Waals surface area contributed by atoms with Gasteiger partial charge in [0.2, 0.25) is 0 Å². The molecule has 0 amide bonds. The van der Waals surface area contributed by atoms with Gasteiger partial charge in [0, 0.05) is 18.2 Å². The van der Waals surface area contributed by atoms with Gasteiger partial charge < -0.3 is 10.5 Å². The van der Waals surface area contributed by atoms with Crippen molar-refractivity contribution in [1.29, 1.82) is 0 Å². The van der Waals surface area contributed by atoms with Crippen LogP contribution in [0.25, 0.3) is 0 Å². The summed E-state index contributed by atoms with van der Waals surface area (Å²) in [5.41, 5.74) is 7.28. The fourth-order valence-electron chi connectivity index (χ4n) is 2.53. The van der Waals surface area contributed by atoms with Crippen LogP contribution in [0.15, 0.2) is 18.3 Å². The number of pyridine rings is 1. The van der Waals surface area contributed by atoms with Gasteiger partial charge in [-0.1, -0.05) is 19.3 Å². The van der Waals surface area contributed by atoms with Crippen molar-refractivity contribution >= 4 is 0 Å². The number of nitrogens with two attached hydrogens (primary N) is 1. The molecule has 2 atom stereocenters. The fraction of sp³-hybridized carbons (Fsp3) is 0.615. The zero-order valence-electron chi connectivity index (χ0n) is 9.86. The minimum Gasteiger partial charge on any atom is -0.495 e. The number of methoxy groups -OCH3 is 1. The summed E-state index contributed by atoms with van der Waals surface area (Å²) in [6, 6.07) is 4.11. The monoisotopic (exact) mass is 220 g/mol. The Hall–Kier alpha value is -1.09. The van der Waals surface area contributed by atoms with Crippen LogP contribution in [0, 0.1) is 0 Å². The summed E-state index contributed by atoms with van der Waals surface area (Å²) >= 11 is 0. The van der Waals surface area contributed by atoms with Gasteiger partial charge >= 0.3 is 0 Å². The number of aromatic nitrogens is 1. The Bertz CT molecular complexity index is 340. The molecule has 2 rings (SSSR count). The Morgan fingerprint density at radius 1 is 1.31 bits per heavy atom. The average Bonchev–Trinajstić information content (AvgIpc) is 2.54. The lowest BCUT2D eigenvalue weighted by Crippen LogP contribution is -2.28. The van der Waals surface area contributed by atoms with E-state index < -0.39 is 0 Å². The predicted octanol–water partition coefficient (Wildman–Crippen LogP) is 2.47. The second kappa shape index (κ2) is 5.30. The maximum Gasteiger partial charge on any atom is 0.140 e. The van der Waals surface area contributed by atoms with E-state index in [2.05, 4.69) is 4.98 Å². The SMILES string of the molecule is COc1cccnc1C1CCCCCC1N. The lowest BCUT2D eigenvalue weighted by Gasteiger charge is -2.22. The Labute approximate surface area is 97.0 Å². The molecule has 0 spiro atoms. The zero-order chi connectivity index (χ0) is 11.4. The van der Waals surface area contributed by atoms with E-state index in [4.69, 9.17) is 10.5 Å². The highest BCUT2D eigenvalue weighted by Gasteiger charge is 2.25. The van der Waals surface area contributed by atoms with Gasteiger partial charge in [0.25, 0.3) is 0 Å². The topological polar surface area (TPSA) is 48.1 Å². The summed E-state index contributed by atoms with van der Waals surface area (Å²) in [5.74, 6) is 1.24. The third kappa shape index (κ3) is 2.35. The van der Waals surface area contributed by atoms with Gasteiger partial charge in [0.1, 0.15) is 5.75 Å². The van der Waals surface area contributed by atoms with Crippen LogP contribution in [0.5, 0.6) is 5.75 Å². The van der Waals surface area contributed by atoms with Crippen LogP contribution in [-0.2, 0) is 0 Å². The molecule has 2 unspecified atom stereocenters. The first-order valence-corrected chi connectivity index (χ1v) is 6.07. The van der Waals surface area contributed by atoms with Crippen LogP contribution in [0.3, 0.4) is 0 Å². The van der Waals surface area contributed by atoms with Gasteiger partial charge in [0.15, 0.2) is 0 Å². The van der Waals surface area contributed by atoms with E-state index >= 15 is 0 Å². The molecule has 2 N–H and O–H groups in total. The molecule has 1 aliphatic carbocycles. The van der Waals surface area contributed by atoms with Crippen molar-refractivity contribution in [2.45, 2.75) is 44.1 Å². The Kier molecular flexibility index (Phi) is 3.78.